The normalized spacial score (nSPS) is 16.0. The van der Waals surface area contributed by atoms with Crippen molar-refractivity contribution in [3.8, 4) is 6.07 Å². The zero-order valence-electron chi connectivity index (χ0n) is 17.6. The average molecular weight is 416 g/mol. The van der Waals surface area contributed by atoms with Crippen molar-refractivity contribution in [3.63, 3.8) is 0 Å². The molecule has 2 aromatic carbocycles. The molecule has 0 aliphatic carbocycles. The highest BCUT2D eigenvalue weighted by Crippen LogP contribution is 2.31. The lowest BCUT2D eigenvalue weighted by Gasteiger charge is -2.34. The van der Waals surface area contributed by atoms with E-state index in [-0.39, 0.29) is 11.9 Å². The second kappa shape index (κ2) is 8.48. The van der Waals surface area contributed by atoms with Crippen LogP contribution in [0, 0.1) is 18.3 Å². The number of fused-ring (bicyclic) bond motifs is 1. The molecule has 4 N–H and O–H groups in total. The maximum absolute atomic E-state index is 11.6. The number of amides is 1. The van der Waals surface area contributed by atoms with E-state index >= 15 is 0 Å². The number of nitriles is 1. The molecule has 0 bridgehead atoms. The number of nitrogens with zero attached hydrogens (tertiary/aromatic N) is 4. The predicted octanol–water partition coefficient (Wildman–Crippen LogP) is 3.24. The first-order valence-electron chi connectivity index (χ1n) is 10.3. The summed E-state index contributed by atoms with van der Waals surface area (Å²) in [6.45, 7) is 5.14. The summed E-state index contributed by atoms with van der Waals surface area (Å²) in [5, 5.41) is 16.5. The summed E-state index contributed by atoms with van der Waals surface area (Å²) in [5.74, 6) is 1.25. The molecule has 1 amide bonds. The highest BCUT2D eigenvalue weighted by Gasteiger charge is 2.24. The van der Waals surface area contributed by atoms with Crippen LogP contribution in [0.3, 0.4) is 0 Å². The fourth-order valence-corrected chi connectivity index (χ4v) is 4.11. The van der Waals surface area contributed by atoms with Gasteiger partial charge in [-0.25, -0.2) is 4.98 Å². The van der Waals surface area contributed by atoms with Crippen LogP contribution in [0.5, 0.6) is 0 Å². The molecule has 2 heterocycles. The molecular formula is C23H25N7O. The van der Waals surface area contributed by atoms with Gasteiger partial charge in [0.05, 0.1) is 17.1 Å². The molecule has 1 aliphatic heterocycles. The second-order valence-corrected chi connectivity index (χ2v) is 7.91. The van der Waals surface area contributed by atoms with Gasteiger partial charge >= 0.3 is 0 Å². The summed E-state index contributed by atoms with van der Waals surface area (Å²) in [6, 6.07) is 13.3. The van der Waals surface area contributed by atoms with Gasteiger partial charge in [0.2, 0.25) is 11.9 Å². The van der Waals surface area contributed by atoms with E-state index in [0.29, 0.717) is 29.4 Å². The van der Waals surface area contributed by atoms with Crippen LogP contribution in [0.2, 0.25) is 0 Å². The number of piperidine rings is 1. The Labute approximate surface area is 181 Å². The monoisotopic (exact) mass is 415 g/mol. The lowest BCUT2D eigenvalue weighted by atomic mass is 10.0. The summed E-state index contributed by atoms with van der Waals surface area (Å²) in [5.41, 5.74) is 9.47. The molecule has 1 aromatic heterocycles. The maximum Gasteiger partial charge on any atom is 0.229 e. The van der Waals surface area contributed by atoms with Gasteiger partial charge in [0, 0.05) is 42.8 Å². The first kappa shape index (κ1) is 20.4. The molecule has 1 saturated heterocycles. The largest absolute Gasteiger partial charge is 0.399 e. The van der Waals surface area contributed by atoms with Crippen LogP contribution in [-0.2, 0) is 4.79 Å². The van der Waals surface area contributed by atoms with Crippen molar-refractivity contribution >= 4 is 40.0 Å². The van der Waals surface area contributed by atoms with E-state index in [1.807, 2.05) is 12.1 Å². The van der Waals surface area contributed by atoms with E-state index in [1.54, 1.807) is 25.1 Å². The van der Waals surface area contributed by atoms with E-state index in [2.05, 4.69) is 34.6 Å². The topological polar surface area (TPSA) is 120 Å². The van der Waals surface area contributed by atoms with Crippen molar-refractivity contribution in [2.45, 2.75) is 32.7 Å². The quantitative estimate of drug-likeness (QED) is 0.560. The van der Waals surface area contributed by atoms with Crippen LogP contribution in [0.1, 0.15) is 30.9 Å². The van der Waals surface area contributed by atoms with E-state index in [1.165, 1.54) is 0 Å². The Morgan fingerprint density at radius 3 is 2.90 bits per heavy atom. The van der Waals surface area contributed by atoms with E-state index in [9.17, 15) is 10.1 Å². The third-order valence-electron chi connectivity index (χ3n) is 5.38. The molecule has 4 rings (SSSR count). The standard InChI is InChI=1S/C23H25N7O/c1-14-5-3-7-20-21(14)22(30-8-4-6-18(13-30)26-15(2)31)29-23(28-20)27-19-10-16(12-24)9-17(25)11-19/h3,5,7,9-11,18H,4,6,8,13,25H2,1-2H3,(H,26,31)(H,27,28,29). The van der Waals surface area contributed by atoms with Crippen LogP contribution in [0.4, 0.5) is 23.1 Å². The molecule has 8 heteroatoms. The van der Waals surface area contributed by atoms with E-state index in [0.717, 1.165) is 41.7 Å². The molecule has 3 aromatic rings. The highest BCUT2D eigenvalue weighted by atomic mass is 16.1. The summed E-state index contributed by atoms with van der Waals surface area (Å²) in [7, 11) is 0. The summed E-state index contributed by atoms with van der Waals surface area (Å²) in [4.78, 5) is 23.3. The predicted molar refractivity (Wildman–Crippen MR) is 122 cm³/mol. The van der Waals surface area contributed by atoms with Gasteiger partial charge in [-0.2, -0.15) is 10.2 Å². The Morgan fingerprint density at radius 1 is 1.29 bits per heavy atom. The van der Waals surface area contributed by atoms with Gasteiger partial charge < -0.3 is 21.3 Å². The van der Waals surface area contributed by atoms with E-state index < -0.39 is 0 Å². The van der Waals surface area contributed by atoms with E-state index in [4.69, 9.17) is 15.7 Å². The van der Waals surface area contributed by atoms with Gasteiger partial charge in [-0.15, -0.1) is 0 Å². The van der Waals surface area contributed by atoms with Crippen molar-refractivity contribution < 1.29 is 4.79 Å². The third-order valence-corrected chi connectivity index (χ3v) is 5.38. The zero-order chi connectivity index (χ0) is 22.0. The fraction of sp³-hybridized carbons (Fsp3) is 0.304. The van der Waals surface area contributed by atoms with Crippen molar-refractivity contribution in [3.05, 3.63) is 47.5 Å². The smallest absolute Gasteiger partial charge is 0.229 e. The molecule has 1 fully saturated rings. The van der Waals surface area contributed by atoms with Crippen LogP contribution in [0.15, 0.2) is 36.4 Å². The molecule has 31 heavy (non-hydrogen) atoms. The minimum absolute atomic E-state index is 0.0205. The summed E-state index contributed by atoms with van der Waals surface area (Å²) >= 11 is 0. The van der Waals surface area contributed by atoms with Crippen LogP contribution < -0.4 is 21.3 Å². The molecule has 1 aliphatic rings. The number of aromatic nitrogens is 2. The number of carbonyl (C=O) groups excluding carboxylic acids is 1. The summed E-state index contributed by atoms with van der Waals surface area (Å²) < 4.78 is 0. The van der Waals surface area contributed by atoms with Crippen molar-refractivity contribution in [1.29, 1.82) is 5.26 Å². The van der Waals surface area contributed by atoms with Crippen molar-refractivity contribution in [2.24, 2.45) is 0 Å². The number of carbonyl (C=O) groups is 1. The Kier molecular flexibility index (Phi) is 5.58. The lowest BCUT2D eigenvalue weighted by molar-refractivity contribution is -0.119. The Bertz CT molecular complexity index is 1180. The molecule has 0 saturated carbocycles. The Hall–Kier alpha value is -3.86. The third kappa shape index (κ3) is 4.51. The number of anilines is 4. The lowest BCUT2D eigenvalue weighted by Crippen LogP contribution is -2.47. The number of nitrogens with two attached hydrogens (primary N) is 1. The van der Waals surface area contributed by atoms with Gasteiger partial charge in [-0.3, -0.25) is 4.79 Å². The minimum Gasteiger partial charge on any atom is -0.399 e. The molecule has 158 valence electrons. The number of rotatable bonds is 4. The van der Waals surface area contributed by atoms with Gasteiger partial charge in [0.15, 0.2) is 0 Å². The van der Waals surface area contributed by atoms with Crippen LogP contribution >= 0.6 is 0 Å². The number of nitrogens with one attached hydrogen (secondary N) is 2. The fourth-order valence-electron chi connectivity index (χ4n) is 4.11. The number of aryl methyl sites for hydroxylation is 1. The van der Waals surface area contributed by atoms with Gasteiger partial charge in [-0.1, -0.05) is 12.1 Å². The average Bonchev–Trinajstić information content (AvgIpc) is 2.72. The molecule has 8 nitrogen and oxygen atoms in total. The Balaban J connectivity index is 1.75. The van der Waals surface area contributed by atoms with Gasteiger partial charge in [-0.05, 0) is 49.6 Å². The summed E-state index contributed by atoms with van der Waals surface area (Å²) in [6.07, 6.45) is 1.91. The number of benzene rings is 2. The second-order valence-electron chi connectivity index (χ2n) is 7.91. The Morgan fingerprint density at radius 2 is 2.13 bits per heavy atom. The molecule has 1 atom stereocenters. The van der Waals surface area contributed by atoms with Crippen LogP contribution in [0.25, 0.3) is 10.9 Å². The number of nitrogen functional groups attached to an aromatic ring is 1. The minimum atomic E-state index is -0.0205. The van der Waals surface area contributed by atoms with Gasteiger partial charge in [0.1, 0.15) is 5.82 Å². The number of hydrogen-bond acceptors (Lipinski definition) is 7. The maximum atomic E-state index is 11.6. The number of hydrogen-bond donors (Lipinski definition) is 3. The van der Waals surface area contributed by atoms with Crippen molar-refractivity contribution in [1.82, 2.24) is 15.3 Å². The SMILES string of the molecule is CC(=O)NC1CCCN(c2nc(Nc3cc(N)cc(C#N)c3)nc3cccc(C)c23)C1. The van der Waals surface area contributed by atoms with Crippen molar-refractivity contribution in [2.75, 3.05) is 29.0 Å². The molecule has 1 unspecified atom stereocenters. The first-order valence-corrected chi connectivity index (χ1v) is 10.3. The molecule has 0 spiro atoms. The highest BCUT2D eigenvalue weighted by molar-refractivity contribution is 5.93. The van der Waals surface area contributed by atoms with Gasteiger partial charge in [0.25, 0.3) is 0 Å². The first-order chi connectivity index (χ1) is 14.9. The van der Waals surface area contributed by atoms with Crippen LogP contribution in [-0.4, -0.2) is 35.0 Å². The molecule has 0 radical (unpaired) electrons. The molecular weight excluding hydrogens is 390 g/mol. The zero-order valence-corrected chi connectivity index (χ0v) is 17.6.